The average Bonchev–Trinajstić information content (AvgIpc) is 2.61. The van der Waals surface area contributed by atoms with Crippen molar-refractivity contribution in [2.45, 2.75) is 4.90 Å². The number of primary amides is 1. The maximum atomic E-state index is 13.1. The van der Waals surface area contributed by atoms with Gasteiger partial charge in [-0.2, -0.15) is 0 Å². The van der Waals surface area contributed by atoms with Gasteiger partial charge in [0.15, 0.2) is 18.2 Å². The van der Waals surface area contributed by atoms with E-state index in [2.05, 4.69) is 5.32 Å². The lowest BCUT2D eigenvalue weighted by Gasteiger charge is -2.09. The molecule has 136 valence electrons. The summed E-state index contributed by atoms with van der Waals surface area (Å²) < 4.78 is 30.8. The van der Waals surface area contributed by atoms with Gasteiger partial charge >= 0.3 is 5.97 Å². The zero-order chi connectivity index (χ0) is 19.1. The molecule has 0 bridgehead atoms. The first-order valence-electron chi connectivity index (χ1n) is 7.29. The summed E-state index contributed by atoms with van der Waals surface area (Å²) in [6, 6.07) is 9.23. The lowest BCUT2D eigenvalue weighted by molar-refractivity contribution is -0.119. The molecule has 0 atom stereocenters. The number of hydrogen-bond donors (Lipinski definition) is 2. The monoisotopic (exact) mass is 380 g/mol. The molecule has 2 aromatic rings. The molecule has 0 saturated carbocycles. The topological polar surface area (TPSA) is 98.5 Å². The minimum absolute atomic E-state index is 0.0130. The Balaban J connectivity index is 1.94. The zero-order valence-corrected chi connectivity index (χ0v) is 14.1. The number of nitrogens with one attached hydrogen (secondary N) is 1. The third-order valence-electron chi connectivity index (χ3n) is 3.01. The van der Waals surface area contributed by atoms with Crippen molar-refractivity contribution in [1.29, 1.82) is 0 Å². The van der Waals surface area contributed by atoms with Gasteiger partial charge in [0.05, 0.1) is 11.3 Å². The van der Waals surface area contributed by atoms with Gasteiger partial charge in [0, 0.05) is 16.6 Å². The summed E-state index contributed by atoms with van der Waals surface area (Å²) in [6.07, 6.45) is 0. The Kier molecular flexibility index (Phi) is 6.67. The number of hydrogen-bond acceptors (Lipinski definition) is 5. The maximum absolute atomic E-state index is 13.1. The molecule has 0 aliphatic carbocycles. The van der Waals surface area contributed by atoms with E-state index in [1.807, 2.05) is 0 Å². The highest BCUT2D eigenvalue weighted by molar-refractivity contribution is 8.00. The fourth-order valence-corrected chi connectivity index (χ4v) is 2.67. The summed E-state index contributed by atoms with van der Waals surface area (Å²) >= 11 is 1.07. The van der Waals surface area contributed by atoms with E-state index >= 15 is 0 Å². The molecular weight excluding hydrogens is 366 g/mol. The van der Waals surface area contributed by atoms with Gasteiger partial charge in [-0.05, 0) is 24.3 Å². The van der Waals surface area contributed by atoms with Crippen molar-refractivity contribution in [3.05, 3.63) is 59.7 Å². The quantitative estimate of drug-likeness (QED) is 0.567. The molecule has 0 radical (unpaired) electrons. The molecule has 0 aliphatic rings. The molecule has 6 nitrogen and oxygen atoms in total. The number of thioether (sulfide) groups is 1. The van der Waals surface area contributed by atoms with Crippen LogP contribution in [0, 0.1) is 11.6 Å². The lowest BCUT2D eigenvalue weighted by Crippen LogP contribution is -2.21. The van der Waals surface area contributed by atoms with Gasteiger partial charge in [-0.25, -0.2) is 13.6 Å². The van der Waals surface area contributed by atoms with Crippen LogP contribution in [0.3, 0.4) is 0 Å². The fourth-order valence-electron chi connectivity index (χ4n) is 1.89. The molecule has 9 heteroatoms. The number of rotatable bonds is 7. The second kappa shape index (κ2) is 8.95. The number of esters is 1. The van der Waals surface area contributed by atoms with Crippen LogP contribution in [0.25, 0.3) is 0 Å². The first-order valence-corrected chi connectivity index (χ1v) is 8.27. The molecule has 0 fully saturated rings. The van der Waals surface area contributed by atoms with E-state index in [1.165, 1.54) is 12.1 Å². The van der Waals surface area contributed by atoms with Crippen LogP contribution >= 0.6 is 11.8 Å². The minimum Gasteiger partial charge on any atom is -0.452 e. The Labute approximate surface area is 151 Å². The van der Waals surface area contributed by atoms with Gasteiger partial charge in [0.1, 0.15) is 0 Å². The lowest BCUT2D eigenvalue weighted by atomic mass is 10.2. The van der Waals surface area contributed by atoms with Crippen molar-refractivity contribution in [3.8, 4) is 0 Å². The Bertz CT molecular complexity index is 845. The molecule has 3 N–H and O–H groups in total. The highest BCUT2D eigenvalue weighted by Crippen LogP contribution is 2.23. The Morgan fingerprint density at radius 1 is 1.08 bits per heavy atom. The highest BCUT2D eigenvalue weighted by atomic mass is 32.2. The number of nitrogens with two attached hydrogens (primary N) is 1. The number of carbonyl (C=O) groups excluding carboxylic acids is 3. The third-order valence-corrected chi connectivity index (χ3v) is 4.11. The summed E-state index contributed by atoms with van der Waals surface area (Å²) in [6.45, 7) is -0.618. The van der Waals surface area contributed by atoms with E-state index in [9.17, 15) is 23.2 Å². The summed E-state index contributed by atoms with van der Waals surface area (Å²) in [7, 11) is 0. The van der Waals surface area contributed by atoms with Gasteiger partial charge in [-0.15, -0.1) is 11.8 Å². The largest absolute Gasteiger partial charge is 0.452 e. The first-order chi connectivity index (χ1) is 12.4. The van der Waals surface area contributed by atoms with E-state index in [4.69, 9.17) is 10.5 Å². The van der Waals surface area contributed by atoms with Crippen LogP contribution in [0.2, 0.25) is 0 Å². The first kappa shape index (κ1) is 19.4. The average molecular weight is 380 g/mol. The number of anilines is 1. The molecule has 0 aliphatic heterocycles. The summed E-state index contributed by atoms with van der Waals surface area (Å²) in [5.74, 6) is -4.19. The van der Waals surface area contributed by atoms with E-state index < -0.39 is 36.0 Å². The Morgan fingerprint density at radius 2 is 1.81 bits per heavy atom. The number of carbonyl (C=O) groups is 3. The van der Waals surface area contributed by atoms with E-state index in [1.54, 1.807) is 18.2 Å². The standard InChI is InChI=1S/C17H14F2N2O4S/c18-12-6-5-10(7-13(12)19)21-16(23)8-25-17(24)11-3-1-2-4-14(11)26-9-15(20)22/h1-7H,8-9H2,(H2,20,22)(H,21,23). The normalized spacial score (nSPS) is 10.2. The van der Waals surface area contributed by atoms with Crippen LogP contribution in [0.1, 0.15) is 10.4 Å². The van der Waals surface area contributed by atoms with Gasteiger partial charge < -0.3 is 15.8 Å². The number of amides is 2. The van der Waals surface area contributed by atoms with Crippen LogP contribution < -0.4 is 11.1 Å². The van der Waals surface area contributed by atoms with Crippen LogP contribution in [-0.4, -0.2) is 30.1 Å². The van der Waals surface area contributed by atoms with Gasteiger partial charge in [-0.3, -0.25) is 9.59 Å². The second-order valence-corrected chi connectivity index (χ2v) is 6.02. The van der Waals surface area contributed by atoms with E-state index in [-0.39, 0.29) is 17.0 Å². The molecule has 0 saturated heterocycles. The number of halogens is 2. The molecular formula is C17H14F2N2O4S. The molecule has 0 spiro atoms. The third kappa shape index (κ3) is 5.55. The minimum atomic E-state index is -1.11. The van der Waals surface area contributed by atoms with Crippen molar-refractivity contribution >= 4 is 35.2 Å². The summed E-state index contributed by atoms with van der Waals surface area (Å²) in [4.78, 5) is 35.3. The van der Waals surface area contributed by atoms with E-state index in [0.717, 1.165) is 23.9 Å². The highest BCUT2D eigenvalue weighted by Gasteiger charge is 2.15. The van der Waals surface area contributed by atoms with Crippen LogP contribution in [0.15, 0.2) is 47.4 Å². The van der Waals surface area contributed by atoms with Crippen molar-refractivity contribution in [1.82, 2.24) is 0 Å². The summed E-state index contributed by atoms with van der Waals surface area (Å²) in [5.41, 5.74) is 5.29. The Hall–Kier alpha value is -2.94. The Morgan fingerprint density at radius 3 is 2.50 bits per heavy atom. The second-order valence-electron chi connectivity index (χ2n) is 5.00. The van der Waals surface area contributed by atoms with Gasteiger partial charge in [0.2, 0.25) is 5.91 Å². The molecule has 2 aromatic carbocycles. The summed E-state index contributed by atoms with van der Waals surface area (Å²) in [5, 5.41) is 2.28. The van der Waals surface area contributed by atoms with Crippen LogP contribution in [0.4, 0.5) is 14.5 Å². The number of benzene rings is 2. The molecule has 26 heavy (non-hydrogen) atoms. The number of ether oxygens (including phenoxy) is 1. The van der Waals surface area contributed by atoms with Crippen molar-refractivity contribution in [3.63, 3.8) is 0 Å². The molecule has 0 unspecified atom stereocenters. The molecule has 2 amide bonds. The predicted octanol–water partition coefficient (Wildman–Crippen LogP) is 2.34. The zero-order valence-electron chi connectivity index (χ0n) is 13.3. The van der Waals surface area contributed by atoms with Crippen molar-refractivity contribution < 1.29 is 27.9 Å². The fraction of sp³-hybridized carbons (Fsp3) is 0.118. The molecule has 0 heterocycles. The van der Waals surface area contributed by atoms with E-state index in [0.29, 0.717) is 4.90 Å². The van der Waals surface area contributed by atoms with Crippen LogP contribution in [-0.2, 0) is 14.3 Å². The van der Waals surface area contributed by atoms with Gasteiger partial charge in [-0.1, -0.05) is 12.1 Å². The van der Waals surface area contributed by atoms with Crippen LogP contribution in [0.5, 0.6) is 0 Å². The van der Waals surface area contributed by atoms with Gasteiger partial charge in [0.25, 0.3) is 5.91 Å². The molecule has 0 aromatic heterocycles. The predicted molar refractivity (Wildman–Crippen MR) is 91.6 cm³/mol. The maximum Gasteiger partial charge on any atom is 0.339 e. The smallest absolute Gasteiger partial charge is 0.339 e. The SMILES string of the molecule is NC(=O)CSc1ccccc1C(=O)OCC(=O)Nc1ccc(F)c(F)c1. The molecule has 2 rings (SSSR count). The van der Waals surface area contributed by atoms with Crippen molar-refractivity contribution in [2.75, 3.05) is 17.7 Å². The van der Waals surface area contributed by atoms with Crippen molar-refractivity contribution in [2.24, 2.45) is 5.73 Å².